The van der Waals surface area contributed by atoms with Gasteiger partial charge >= 0.3 is 0 Å². The quantitative estimate of drug-likeness (QED) is 0.863. The average Bonchev–Trinajstić information content (AvgIpc) is 2.82. The number of ether oxygens (including phenoxy) is 1. The highest BCUT2D eigenvalue weighted by molar-refractivity contribution is 9.10. The van der Waals surface area contributed by atoms with Gasteiger partial charge in [0.05, 0.1) is 5.69 Å². The predicted octanol–water partition coefficient (Wildman–Crippen LogP) is 3.98. The minimum absolute atomic E-state index is 0.477. The van der Waals surface area contributed by atoms with Crippen molar-refractivity contribution in [3.8, 4) is 5.75 Å². The van der Waals surface area contributed by atoms with Gasteiger partial charge in [-0.1, -0.05) is 35.8 Å². The number of halogens is 1. The summed E-state index contributed by atoms with van der Waals surface area (Å²) < 4.78 is 6.72. The second-order valence-corrected chi connectivity index (χ2v) is 6.37. The van der Waals surface area contributed by atoms with Crippen molar-refractivity contribution in [1.82, 2.24) is 10.3 Å². The van der Waals surface area contributed by atoms with Crippen molar-refractivity contribution in [2.45, 2.75) is 33.0 Å². The maximum absolute atomic E-state index is 5.71. The highest BCUT2D eigenvalue weighted by Gasteiger charge is 2.04. The second kappa shape index (κ2) is 7.03. The maximum atomic E-state index is 5.71. The molecule has 5 heteroatoms. The van der Waals surface area contributed by atoms with Crippen molar-refractivity contribution in [2.75, 3.05) is 0 Å². The van der Waals surface area contributed by atoms with E-state index >= 15 is 0 Å². The van der Waals surface area contributed by atoms with E-state index in [9.17, 15) is 0 Å². The molecule has 0 fully saturated rings. The summed E-state index contributed by atoms with van der Waals surface area (Å²) in [4.78, 5) is 4.54. The zero-order valence-electron chi connectivity index (χ0n) is 11.0. The average molecular weight is 341 g/mol. The van der Waals surface area contributed by atoms with E-state index in [1.54, 1.807) is 11.3 Å². The van der Waals surface area contributed by atoms with E-state index < -0.39 is 0 Å². The van der Waals surface area contributed by atoms with E-state index in [1.807, 2.05) is 24.3 Å². The molecule has 0 saturated heterocycles. The molecule has 2 aromatic rings. The number of rotatable bonds is 6. The molecule has 1 heterocycles. The van der Waals surface area contributed by atoms with Gasteiger partial charge in [0.25, 0.3) is 0 Å². The number of nitrogens with one attached hydrogen (secondary N) is 1. The van der Waals surface area contributed by atoms with Gasteiger partial charge in [0.1, 0.15) is 17.4 Å². The molecule has 0 radical (unpaired) electrons. The summed E-state index contributed by atoms with van der Waals surface area (Å²) >= 11 is 5.09. The number of aromatic nitrogens is 1. The molecule has 3 nitrogen and oxygen atoms in total. The van der Waals surface area contributed by atoms with E-state index in [0.29, 0.717) is 12.6 Å². The molecule has 102 valence electrons. The van der Waals surface area contributed by atoms with E-state index in [1.165, 1.54) is 0 Å². The lowest BCUT2D eigenvalue weighted by Gasteiger charge is -2.05. The fourth-order valence-electron chi connectivity index (χ4n) is 1.50. The van der Waals surface area contributed by atoms with E-state index in [0.717, 1.165) is 27.5 Å². The fourth-order valence-corrected chi connectivity index (χ4v) is 2.61. The van der Waals surface area contributed by atoms with E-state index in [-0.39, 0.29) is 0 Å². The SMILES string of the molecule is CC(C)NCc1nc(COc2cccc(Br)c2)cs1. The summed E-state index contributed by atoms with van der Waals surface area (Å²) in [6.45, 7) is 5.59. The van der Waals surface area contributed by atoms with Crippen molar-refractivity contribution in [3.63, 3.8) is 0 Å². The fraction of sp³-hybridized carbons (Fsp3) is 0.357. The third-order valence-electron chi connectivity index (χ3n) is 2.44. The minimum Gasteiger partial charge on any atom is -0.487 e. The maximum Gasteiger partial charge on any atom is 0.131 e. The Morgan fingerprint density at radius 2 is 2.26 bits per heavy atom. The summed E-state index contributed by atoms with van der Waals surface area (Å²) in [6, 6.07) is 8.31. The summed E-state index contributed by atoms with van der Waals surface area (Å²) in [5.74, 6) is 0.851. The number of thiazole rings is 1. The highest BCUT2D eigenvalue weighted by Crippen LogP contribution is 2.19. The van der Waals surface area contributed by atoms with Gasteiger partial charge in [-0.15, -0.1) is 11.3 Å². The molecule has 0 bridgehead atoms. The molecule has 0 saturated carbocycles. The summed E-state index contributed by atoms with van der Waals surface area (Å²) in [5, 5.41) is 6.51. The van der Waals surface area contributed by atoms with Crippen molar-refractivity contribution < 1.29 is 4.74 Å². The van der Waals surface area contributed by atoms with Gasteiger partial charge < -0.3 is 10.1 Å². The standard InChI is InChI=1S/C14H17BrN2OS/c1-10(2)16-7-14-17-12(9-19-14)8-18-13-5-3-4-11(15)6-13/h3-6,9-10,16H,7-8H2,1-2H3. The van der Waals surface area contributed by atoms with Crippen LogP contribution in [0.4, 0.5) is 0 Å². The van der Waals surface area contributed by atoms with Crippen molar-refractivity contribution in [2.24, 2.45) is 0 Å². The highest BCUT2D eigenvalue weighted by atomic mass is 79.9. The van der Waals surface area contributed by atoms with Gasteiger partial charge in [0.15, 0.2) is 0 Å². The van der Waals surface area contributed by atoms with Crippen LogP contribution in [0.25, 0.3) is 0 Å². The lowest BCUT2D eigenvalue weighted by Crippen LogP contribution is -2.21. The molecule has 0 unspecified atom stereocenters. The molecule has 0 amide bonds. The van der Waals surface area contributed by atoms with Gasteiger partial charge in [-0.2, -0.15) is 0 Å². The Bertz CT molecular complexity index is 528. The Morgan fingerprint density at radius 3 is 3.00 bits per heavy atom. The van der Waals surface area contributed by atoms with Crippen molar-refractivity contribution in [1.29, 1.82) is 0 Å². The summed E-state index contributed by atoms with van der Waals surface area (Å²) in [5.41, 5.74) is 0.977. The Morgan fingerprint density at radius 1 is 1.42 bits per heavy atom. The molecule has 0 aliphatic carbocycles. The molecule has 0 spiro atoms. The van der Waals surface area contributed by atoms with Crippen LogP contribution in [0.3, 0.4) is 0 Å². The van der Waals surface area contributed by atoms with Crippen LogP contribution in [-0.4, -0.2) is 11.0 Å². The van der Waals surface area contributed by atoms with Gasteiger partial charge in [0, 0.05) is 22.4 Å². The molecular formula is C14H17BrN2OS. The van der Waals surface area contributed by atoms with E-state index in [4.69, 9.17) is 4.74 Å². The largest absolute Gasteiger partial charge is 0.487 e. The van der Waals surface area contributed by atoms with E-state index in [2.05, 4.69) is 45.5 Å². The first-order valence-corrected chi connectivity index (χ1v) is 7.86. The molecule has 2 rings (SSSR count). The Labute approximate surface area is 126 Å². The van der Waals surface area contributed by atoms with Crippen LogP contribution >= 0.6 is 27.3 Å². The Balaban J connectivity index is 1.86. The monoisotopic (exact) mass is 340 g/mol. The predicted molar refractivity (Wildman–Crippen MR) is 82.6 cm³/mol. The molecule has 1 aromatic carbocycles. The number of nitrogens with zero attached hydrogens (tertiary/aromatic N) is 1. The van der Waals surface area contributed by atoms with Gasteiger partial charge in [-0.25, -0.2) is 4.98 Å². The van der Waals surface area contributed by atoms with Crippen LogP contribution in [0.15, 0.2) is 34.1 Å². The zero-order chi connectivity index (χ0) is 13.7. The third-order valence-corrected chi connectivity index (χ3v) is 3.83. The molecule has 1 aromatic heterocycles. The smallest absolute Gasteiger partial charge is 0.131 e. The summed E-state index contributed by atoms with van der Waals surface area (Å²) in [6.07, 6.45) is 0. The first-order valence-electron chi connectivity index (χ1n) is 6.18. The lowest BCUT2D eigenvalue weighted by molar-refractivity contribution is 0.301. The molecule has 0 aliphatic rings. The second-order valence-electron chi connectivity index (χ2n) is 4.51. The molecule has 1 N–H and O–H groups in total. The number of benzene rings is 1. The first-order chi connectivity index (χ1) is 9.13. The number of hydrogen-bond donors (Lipinski definition) is 1. The van der Waals surface area contributed by atoms with Gasteiger partial charge in [-0.05, 0) is 18.2 Å². The molecule has 0 atom stereocenters. The van der Waals surface area contributed by atoms with Crippen LogP contribution in [0, 0.1) is 0 Å². The topological polar surface area (TPSA) is 34.2 Å². The van der Waals surface area contributed by atoms with Crippen LogP contribution in [0.1, 0.15) is 24.5 Å². The lowest BCUT2D eigenvalue weighted by atomic mass is 10.3. The minimum atomic E-state index is 0.477. The normalized spacial score (nSPS) is 10.9. The zero-order valence-corrected chi connectivity index (χ0v) is 13.4. The van der Waals surface area contributed by atoms with Gasteiger partial charge in [-0.3, -0.25) is 0 Å². The van der Waals surface area contributed by atoms with Crippen LogP contribution in [0.2, 0.25) is 0 Å². The number of hydrogen-bond acceptors (Lipinski definition) is 4. The molecule has 19 heavy (non-hydrogen) atoms. The van der Waals surface area contributed by atoms with Crippen molar-refractivity contribution >= 4 is 27.3 Å². The Hall–Kier alpha value is -0.910. The third kappa shape index (κ3) is 4.93. The molecular weight excluding hydrogens is 324 g/mol. The van der Waals surface area contributed by atoms with Gasteiger partial charge in [0.2, 0.25) is 0 Å². The summed E-state index contributed by atoms with van der Waals surface area (Å²) in [7, 11) is 0. The Kier molecular flexibility index (Phi) is 5.36. The van der Waals surface area contributed by atoms with Crippen LogP contribution in [-0.2, 0) is 13.2 Å². The molecule has 0 aliphatic heterocycles. The first kappa shape index (κ1) is 14.5. The van der Waals surface area contributed by atoms with Crippen LogP contribution < -0.4 is 10.1 Å². The van der Waals surface area contributed by atoms with Crippen LogP contribution in [0.5, 0.6) is 5.75 Å². The van der Waals surface area contributed by atoms with Crippen molar-refractivity contribution in [3.05, 3.63) is 44.8 Å².